The second-order valence-corrected chi connectivity index (χ2v) is 5.22. The van der Waals surface area contributed by atoms with Crippen molar-refractivity contribution in [2.75, 3.05) is 0 Å². The fourth-order valence-corrected chi connectivity index (χ4v) is 1.60. The summed E-state index contributed by atoms with van der Waals surface area (Å²) in [5.41, 5.74) is 0. The van der Waals surface area contributed by atoms with E-state index in [0.29, 0.717) is 17.7 Å². The highest BCUT2D eigenvalue weighted by molar-refractivity contribution is 5.85. The molecule has 0 saturated heterocycles. The molecule has 0 radical (unpaired) electrons. The highest BCUT2D eigenvalue weighted by Gasteiger charge is 2.22. The van der Waals surface area contributed by atoms with E-state index in [2.05, 4.69) is 33.0 Å². The van der Waals surface area contributed by atoms with E-state index in [0.717, 1.165) is 12.8 Å². The summed E-state index contributed by atoms with van der Waals surface area (Å²) in [7, 11) is 0. The van der Waals surface area contributed by atoms with Crippen molar-refractivity contribution in [3.8, 4) is 0 Å². The number of carbonyl (C=O) groups is 1. The number of hydrogen-bond acceptors (Lipinski definition) is 2. The van der Waals surface area contributed by atoms with E-state index < -0.39 is 0 Å². The zero-order valence-electron chi connectivity index (χ0n) is 11.1. The van der Waals surface area contributed by atoms with Gasteiger partial charge in [0.1, 0.15) is 0 Å². The lowest BCUT2D eigenvalue weighted by atomic mass is 9.93. The standard InChI is InChI=1S/C13H27NO/c1-7-11(6)14-12(8-9(2)3)13(15)10(4)5/h9-12,14H,7-8H2,1-6H3. The van der Waals surface area contributed by atoms with Gasteiger partial charge in [0.15, 0.2) is 5.78 Å². The third-order valence-electron chi connectivity index (χ3n) is 2.72. The van der Waals surface area contributed by atoms with Crippen LogP contribution in [0.15, 0.2) is 0 Å². The number of ketones is 1. The summed E-state index contributed by atoms with van der Waals surface area (Å²) in [6.07, 6.45) is 2.02. The quantitative estimate of drug-likeness (QED) is 0.704. The van der Waals surface area contributed by atoms with Gasteiger partial charge in [-0.1, -0.05) is 34.6 Å². The molecule has 90 valence electrons. The Labute approximate surface area is 94.8 Å². The smallest absolute Gasteiger partial charge is 0.152 e. The lowest BCUT2D eigenvalue weighted by molar-refractivity contribution is -0.124. The minimum atomic E-state index is 0.0416. The van der Waals surface area contributed by atoms with Crippen LogP contribution < -0.4 is 5.32 Å². The molecule has 0 rings (SSSR count). The van der Waals surface area contributed by atoms with Crippen molar-refractivity contribution in [2.24, 2.45) is 11.8 Å². The molecule has 0 aliphatic heterocycles. The van der Waals surface area contributed by atoms with E-state index in [-0.39, 0.29) is 12.0 Å². The first-order valence-electron chi connectivity index (χ1n) is 6.18. The Hall–Kier alpha value is -0.370. The molecule has 2 heteroatoms. The second-order valence-electron chi connectivity index (χ2n) is 5.22. The molecule has 0 aliphatic rings. The monoisotopic (exact) mass is 213 g/mol. The minimum Gasteiger partial charge on any atom is -0.305 e. The van der Waals surface area contributed by atoms with Gasteiger partial charge in [0.25, 0.3) is 0 Å². The molecule has 0 heterocycles. The fourth-order valence-electron chi connectivity index (χ4n) is 1.60. The van der Waals surface area contributed by atoms with Gasteiger partial charge in [-0.15, -0.1) is 0 Å². The average molecular weight is 213 g/mol. The molecule has 0 amide bonds. The molecule has 0 aromatic carbocycles. The molecule has 15 heavy (non-hydrogen) atoms. The Morgan fingerprint density at radius 1 is 1.13 bits per heavy atom. The maximum absolute atomic E-state index is 12.0. The highest BCUT2D eigenvalue weighted by atomic mass is 16.1. The van der Waals surface area contributed by atoms with Crippen LogP contribution in [0.1, 0.15) is 54.4 Å². The molecule has 0 fully saturated rings. The van der Waals surface area contributed by atoms with Crippen molar-refractivity contribution in [1.82, 2.24) is 5.32 Å². The van der Waals surface area contributed by atoms with Crippen LogP contribution in [0.3, 0.4) is 0 Å². The number of nitrogens with one attached hydrogen (secondary N) is 1. The van der Waals surface area contributed by atoms with Crippen molar-refractivity contribution in [2.45, 2.75) is 66.5 Å². The molecular formula is C13H27NO. The summed E-state index contributed by atoms with van der Waals surface area (Å²) >= 11 is 0. The summed E-state index contributed by atoms with van der Waals surface area (Å²) in [5, 5.41) is 3.43. The van der Waals surface area contributed by atoms with Gasteiger partial charge in [0, 0.05) is 12.0 Å². The van der Waals surface area contributed by atoms with Gasteiger partial charge in [-0.3, -0.25) is 4.79 Å². The number of Topliss-reactive ketones (excluding diaryl/α,β-unsaturated/α-hetero) is 1. The third-order valence-corrected chi connectivity index (χ3v) is 2.72. The van der Waals surface area contributed by atoms with Gasteiger partial charge < -0.3 is 5.32 Å². The molecule has 0 aliphatic carbocycles. The van der Waals surface area contributed by atoms with Crippen LogP contribution >= 0.6 is 0 Å². The first-order chi connectivity index (χ1) is 6.88. The van der Waals surface area contributed by atoms with Gasteiger partial charge in [0.2, 0.25) is 0 Å². The summed E-state index contributed by atoms with van der Waals surface area (Å²) in [6.45, 7) is 12.6. The van der Waals surface area contributed by atoms with Crippen LogP contribution in [0, 0.1) is 11.8 Å². The van der Waals surface area contributed by atoms with Crippen LogP contribution in [-0.2, 0) is 4.79 Å². The van der Waals surface area contributed by atoms with Gasteiger partial charge in [-0.05, 0) is 25.7 Å². The first-order valence-corrected chi connectivity index (χ1v) is 6.18. The molecule has 0 bridgehead atoms. The summed E-state index contributed by atoms with van der Waals surface area (Å²) in [6, 6.07) is 0.469. The molecule has 2 nitrogen and oxygen atoms in total. The summed E-state index contributed by atoms with van der Waals surface area (Å²) in [5.74, 6) is 1.04. The van der Waals surface area contributed by atoms with Crippen LogP contribution in [-0.4, -0.2) is 17.9 Å². The predicted octanol–water partition coefficient (Wildman–Crippen LogP) is 3.01. The predicted molar refractivity (Wildman–Crippen MR) is 66.0 cm³/mol. The highest BCUT2D eigenvalue weighted by Crippen LogP contribution is 2.11. The zero-order valence-corrected chi connectivity index (χ0v) is 11.1. The molecular weight excluding hydrogens is 186 g/mol. The molecule has 0 aromatic heterocycles. The maximum Gasteiger partial charge on any atom is 0.152 e. The Kier molecular flexibility index (Phi) is 6.82. The van der Waals surface area contributed by atoms with E-state index in [4.69, 9.17) is 0 Å². The van der Waals surface area contributed by atoms with Gasteiger partial charge in [-0.2, -0.15) is 0 Å². The summed E-state index contributed by atoms with van der Waals surface area (Å²) in [4.78, 5) is 12.0. The fraction of sp³-hybridized carbons (Fsp3) is 0.923. The van der Waals surface area contributed by atoms with E-state index in [1.165, 1.54) is 0 Å². The zero-order chi connectivity index (χ0) is 12.0. The van der Waals surface area contributed by atoms with E-state index in [1.807, 2.05) is 13.8 Å². The summed E-state index contributed by atoms with van der Waals surface area (Å²) < 4.78 is 0. The molecule has 2 atom stereocenters. The lowest BCUT2D eigenvalue weighted by Crippen LogP contribution is -2.44. The van der Waals surface area contributed by atoms with Crippen molar-refractivity contribution in [1.29, 1.82) is 0 Å². The van der Waals surface area contributed by atoms with Gasteiger partial charge in [-0.25, -0.2) is 0 Å². The van der Waals surface area contributed by atoms with Gasteiger partial charge in [0.05, 0.1) is 6.04 Å². The van der Waals surface area contributed by atoms with Crippen molar-refractivity contribution in [3.63, 3.8) is 0 Å². The topological polar surface area (TPSA) is 29.1 Å². The second kappa shape index (κ2) is 7.00. The molecule has 2 unspecified atom stereocenters. The Morgan fingerprint density at radius 2 is 1.67 bits per heavy atom. The van der Waals surface area contributed by atoms with Crippen molar-refractivity contribution in [3.05, 3.63) is 0 Å². The minimum absolute atomic E-state index is 0.0416. The average Bonchev–Trinajstić information content (AvgIpc) is 2.14. The SMILES string of the molecule is CCC(C)NC(CC(C)C)C(=O)C(C)C. The van der Waals surface area contributed by atoms with E-state index in [1.54, 1.807) is 0 Å². The van der Waals surface area contributed by atoms with Gasteiger partial charge >= 0.3 is 0 Å². The molecule has 0 saturated carbocycles. The number of carbonyl (C=O) groups excluding carboxylic acids is 1. The number of rotatable bonds is 7. The Bertz CT molecular complexity index is 187. The Morgan fingerprint density at radius 3 is 2.00 bits per heavy atom. The number of hydrogen-bond donors (Lipinski definition) is 1. The van der Waals surface area contributed by atoms with Crippen LogP contribution in [0.2, 0.25) is 0 Å². The van der Waals surface area contributed by atoms with Crippen LogP contribution in [0.4, 0.5) is 0 Å². The lowest BCUT2D eigenvalue weighted by Gasteiger charge is -2.24. The van der Waals surface area contributed by atoms with E-state index in [9.17, 15) is 4.79 Å². The first kappa shape index (κ1) is 14.6. The maximum atomic E-state index is 12.0. The van der Waals surface area contributed by atoms with Crippen LogP contribution in [0.25, 0.3) is 0 Å². The van der Waals surface area contributed by atoms with Crippen molar-refractivity contribution < 1.29 is 4.79 Å². The third kappa shape index (κ3) is 5.93. The molecule has 0 aromatic rings. The molecule has 1 N–H and O–H groups in total. The normalized spacial score (nSPS) is 15.7. The largest absolute Gasteiger partial charge is 0.305 e. The van der Waals surface area contributed by atoms with Crippen LogP contribution in [0.5, 0.6) is 0 Å². The van der Waals surface area contributed by atoms with Crippen molar-refractivity contribution >= 4 is 5.78 Å². The Balaban J connectivity index is 4.37. The van der Waals surface area contributed by atoms with E-state index >= 15 is 0 Å². The molecule has 0 spiro atoms.